The molecule has 0 radical (unpaired) electrons. The maximum atomic E-state index is 11.8. The lowest BCUT2D eigenvalue weighted by Crippen LogP contribution is -2.40. The smallest absolute Gasteiger partial charge is 0.224 e. The fourth-order valence-electron chi connectivity index (χ4n) is 3.04. The predicted molar refractivity (Wildman–Crippen MR) is 115 cm³/mol. The largest absolute Gasteiger partial charge is 0.379 e. The summed E-state index contributed by atoms with van der Waals surface area (Å²) < 4.78 is 5.38. The molecule has 0 unspecified atom stereocenters. The Labute approximate surface area is 168 Å². The average Bonchev–Trinajstić information content (AvgIpc) is 2.70. The van der Waals surface area contributed by atoms with Crippen molar-refractivity contribution in [2.24, 2.45) is 4.99 Å². The van der Waals surface area contributed by atoms with Gasteiger partial charge in [-0.1, -0.05) is 19.1 Å². The zero-order valence-corrected chi connectivity index (χ0v) is 17.3. The zero-order valence-electron chi connectivity index (χ0n) is 17.3. The van der Waals surface area contributed by atoms with E-state index in [0.29, 0.717) is 13.0 Å². The lowest BCUT2D eigenvalue weighted by molar-refractivity contribution is -0.116. The van der Waals surface area contributed by atoms with Crippen LogP contribution in [0.25, 0.3) is 0 Å². The topological polar surface area (TPSA) is 78.0 Å². The highest BCUT2D eigenvalue weighted by atomic mass is 16.5. The van der Waals surface area contributed by atoms with Crippen molar-refractivity contribution in [3.8, 4) is 0 Å². The Morgan fingerprint density at radius 2 is 2.04 bits per heavy atom. The predicted octanol–water partition coefficient (Wildman–Crippen LogP) is 2.20. The fraction of sp³-hybridized carbons (Fsp3) is 0.619. The van der Waals surface area contributed by atoms with Crippen molar-refractivity contribution < 1.29 is 9.53 Å². The molecule has 0 spiro atoms. The zero-order chi connectivity index (χ0) is 20.0. The van der Waals surface area contributed by atoms with E-state index in [-0.39, 0.29) is 5.91 Å². The summed E-state index contributed by atoms with van der Waals surface area (Å²) in [7, 11) is 0. The molecule has 1 aliphatic rings. The van der Waals surface area contributed by atoms with Crippen molar-refractivity contribution in [2.45, 2.75) is 39.7 Å². The van der Waals surface area contributed by atoms with Gasteiger partial charge in [0.1, 0.15) is 0 Å². The van der Waals surface area contributed by atoms with Crippen LogP contribution in [-0.4, -0.2) is 62.7 Å². The highest BCUT2D eigenvalue weighted by Crippen LogP contribution is 2.12. The quantitative estimate of drug-likeness (QED) is 0.325. The standard InChI is InChI=1S/C21H35N5O2/c1-3-7-20(27)25-19-9-5-8-18(16-19)17-24-21(22-4-2)23-10-6-11-26-12-14-28-15-13-26/h5,8-9,16H,3-4,6-7,10-15,17H2,1-2H3,(H,25,27)(H2,22,23,24). The van der Waals surface area contributed by atoms with Crippen LogP contribution in [0.3, 0.4) is 0 Å². The number of hydrogen-bond donors (Lipinski definition) is 3. The maximum absolute atomic E-state index is 11.8. The first-order chi connectivity index (χ1) is 13.7. The van der Waals surface area contributed by atoms with Gasteiger partial charge >= 0.3 is 0 Å². The molecule has 3 N–H and O–H groups in total. The number of anilines is 1. The Kier molecular flexibility index (Phi) is 10.4. The molecule has 1 aromatic carbocycles. The number of carbonyl (C=O) groups is 1. The fourth-order valence-corrected chi connectivity index (χ4v) is 3.04. The normalized spacial score (nSPS) is 15.3. The molecule has 7 heteroatoms. The molecule has 156 valence electrons. The van der Waals surface area contributed by atoms with Gasteiger partial charge < -0.3 is 20.7 Å². The van der Waals surface area contributed by atoms with Crippen LogP contribution in [0.4, 0.5) is 5.69 Å². The van der Waals surface area contributed by atoms with Gasteiger partial charge in [0, 0.05) is 38.3 Å². The number of morpholine rings is 1. The van der Waals surface area contributed by atoms with Crippen molar-refractivity contribution in [2.75, 3.05) is 51.3 Å². The van der Waals surface area contributed by atoms with Crippen LogP contribution in [0.2, 0.25) is 0 Å². The second-order valence-electron chi connectivity index (χ2n) is 6.93. The van der Waals surface area contributed by atoms with E-state index in [1.165, 1.54) is 0 Å². The minimum atomic E-state index is 0.0541. The van der Waals surface area contributed by atoms with Crippen molar-refractivity contribution in [1.29, 1.82) is 0 Å². The number of nitrogens with zero attached hydrogens (tertiary/aromatic N) is 2. The Bertz CT molecular complexity index is 615. The summed E-state index contributed by atoms with van der Waals surface area (Å²) in [6.45, 7) is 11.2. The van der Waals surface area contributed by atoms with Gasteiger partial charge in [0.15, 0.2) is 5.96 Å². The van der Waals surface area contributed by atoms with Crippen LogP contribution in [0.5, 0.6) is 0 Å². The molecule has 1 aliphatic heterocycles. The molecule has 2 rings (SSSR count). The van der Waals surface area contributed by atoms with Gasteiger partial charge in [0.25, 0.3) is 0 Å². The summed E-state index contributed by atoms with van der Waals surface area (Å²) in [4.78, 5) is 18.9. The lowest BCUT2D eigenvalue weighted by atomic mass is 10.2. The number of ether oxygens (including phenoxy) is 1. The van der Waals surface area contributed by atoms with Gasteiger partial charge in [-0.3, -0.25) is 9.69 Å². The summed E-state index contributed by atoms with van der Waals surface area (Å²) in [5.41, 5.74) is 1.90. The van der Waals surface area contributed by atoms with E-state index in [9.17, 15) is 4.79 Å². The molecule has 7 nitrogen and oxygen atoms in total. The van der Waals surface area contributed by atoms with Gasteiger partial charge in [-0.25, -0.2) is 4.99 Å². The molecule has 1 saturated heterocycles. The van der Waals surface area contributed by atoms with E-state index in [1.807, 2.05) is 31.2 Å². The molecule has 1 heterocycles. The molecule has 0 atom stereocenters. The first-order valence-electron chi connectivity index (χ1n) is 10.4. The Morgan fingerprint density at radius 1 is 1.21 bits per heavy atom. The molecule has 28 heavy (non-hydrogen) atoms. The third kappa shape index (κ3) is 8.71. The molecule has 0 aliphatic carbocycles. The number of hydrogen-bond acceptors (Lipinski definition) is 4. The third-order valence-electron chi connectivity index (χ3n) is 4.50. The van der Waals surface area contributed by atoms with Gasteiger partial charge in [-0.05, 0) is 44.0 Å². The molecule has 1 amide bonds. The minimum absolute atomic E-state index is 0.0541. The Balaban J connectivity index is 1.79. The van der Waals surface area contributed by atoms with Gasteiger partial charge in [-0.2, -0.15) is 0 Å². The summed E-state index contributed by atoms with van der Waals surface area (Å²) in [6, 6.07) is 7.88. The molecule has 1 aromatic rings. The summed E-state index contributed by atoms with van der Waals surface area (Å²) in [5, 5.41) is 9.63. The van der Waals surface area contributed by atoms with Crippen LogP contribution >= 0.6 is 0 Å². The monoisotopic (exact) mass is 389 g/mol. The minimum Gasteiger partial charge on any atom is -0.379 e. The average molecular weight is 390 g/mol. The SMILES string of the molecule is CCCC(=O)Nc1cccc(CN=C(NCC)NCCCN2CCOCC2)c1. The molecule has 0 aromatic heterocycles. The number of guanidine groups is 1. The summed E-state index contributed by atoms with van der Waals surface area (Å²) in [5.74, 6) is 0.878. The number of nitrogens with one attached hydrogen (secondary N) is 3. The van der Waals surface area contributed by atoms with Crippen LogP contribution in [0, 0.1) is 0 Å². The van der Waals surface area contributed by atoms with Gasteiger partial charge in [0.05, 0.1) is 19.8 Å². The number of amides is 1. The number of benzene rings is 1. The number of carbonyl (C=O) groups excluding carboxylic acids is 1. The summed E-state index contributed by atoms with van der Waals surface area (Å²) >= 11 is 0. The highest BCUT2D eigenvalue weighted by Gasteiger charge is 2.09. The van der Waals surface area contributed by atoms with Crippen molar-refractivity contribution in [1.82, 2.24) is 15.5 Å². The van der Waals surface area contributed by atoms with E-state index >= 15 is 0 Å². The third-order valence-corrected chi connectivity index (χ3v) is 4.50. The van der Waals surface area contributed by atoms with Crippen molar-refractivity contribution in [3.05, 3.63) is 29.8 Å². The van der Waals surface area contributed by atoms with E-state index in [2.05, 4.69) is 32.8 Å². The van der Waals surface area contributed by atoms with Crippen LogP contribution in [0.15, 0.2) is 29.3 Å². The van der Waals surface area contributed by atoms with Crippen molar-refractivity contribution >= 4 is 17.6 Å². The highest BCUT2D eigenvalue weighted by molar-refractivity contribution is 5.90. The van der Waals surface area contributed by atoms with Crippen LogP contribution < -0.4 is 16.0 Å². The number of aliphatic imine (C=N–C) groups is 1. The lowest BCUT2D eigenvalue weighted by Gasteiger charge is -2.26. The molecule has 0 saturated carbocycles. The molecule has 0 bridgehead atoms. The Hall–Kier alpha value is -2.12. The van der Waals surface area contributed by atoms with Gasteiger partial charge in [0.2, 0.25) is 5.91 Å². The molecular formula is C21H35N5O2. The second kappa shape index (κ2) is 13.1. The second-order valence-corrected chi connectivity index (χ2v) is 6.93. The van der Waals surface area contributed by atoms with E-state index in [4.69, 9.17) is 4.74 Å². The number of rotatable bonds is 10. The van der Waals surface area contributed by atoms with E-state index in [0.717, 1.165) is 76.0 Å². The first kappa shape index (κ1) is 22.2. The van der Waals surface area contributed by atoms with Crippen LogP contribution in [-0.2, 0) is 16.1 Å². The first-order valence-corrected chi connectivity index (χ1v) is 10.4. The van der Waals surface area contributed by atoms with E-state index in [1.54, 1.807) is 0 Å². The molecular weight excluding hydrogens is 354 g/mol. The maximum Gasteiger partial charge on any atom is 0.224 e. The van der Waals surface area contributed by atoms with E-state index < -0.39 is 0 Å². The molecule has 1 fully saturated rings. The van der Waals surface area contributed by atoms with Crippen molar-refractivity contribution in [3.63, 3.8) is 0 Å². The van der Waals surface area contributed by atoms with Crippen LogP contribution in [0.1, 0.15) is 38.7 Å². The summed E-state index contributed by atoms with van der Waals surface area (Å²) in [6.07, 6.45) is 2.46. The van der Waals surface area contributed by atoms with Gasteiger partial charge in [-0.15, -0.1) is 0 Å². The Morgan fingerprint density at radius 3 is 2.79 bits per heavy atom.